The Morgan fingerprint density at radius 1 is 1.25 bits per heavy atom. The molecule has 1 atom stereocenters. The molecule has 0 unspecified atom stereocenters. The Bertz CT molecular complexity index is 655. The van der Waals surface area contributed by atoms with Crippen molar-refractivity contribution in [1.29, 1.82) is 0 Å². The van der Waals surface area contributed by atoms with Crippen molar-refractivity contribution in [2.45, 2.75) is 51.8 Å². The lowest BCUT2D eigenvalue weighted by atomic mass is 10.2. The van der Waals surface area contributed by atoms with E-state index in [0.29, 0.717) is 19.5 Å². The number of aryl methyl sites for hydroxylation is 1. The van der Waals surface area contributed by atoms with Crippen LogP contribution in [0.3, 0.4) is 0 Å². The van der Waals surface area contributed by atoms with Crippen molar-refractivity contribution in [2.24, 2.45) is 7.05 Å². The first kappa shape index (κ1) is 23.8. The molecule has 0 N–H and O–H groups in total. The van der Waals surface area contributed by atoms with Crippen molar-refractivity contribution in [2.75, 3.05) is 13.2 Å². The Hall–Kier alpha value is -2.27. The molecule has 160 valence electrons. The summed E-state index contributed by atoms with van der Waals surface area (Å²) in [5.41, 5.74) is -0.571. The van der Waals surface area contributed by atoms with Crippen LogP contribution in [0.25, 0.3) is 0 Å². The third-order valence-corrected chi connectivity index (χ3v) is 3.57. The number of likely N-dealkylation sites (tertiary alicyclic amines) is 1. The molecule has 2 heterocycles. The lowest BCUT2D eigenvalue weighted by Crippen LogP contribution is -2.44. The molecule has 0 aliphatic carbocycles. The highest BCUT2D eigenvalue weighted by Crippen LogP contribution is 2.21. The number of esters is 1. The second-order valence-electron chi connectivity index (χ2n) is 7.31. The fourth-order valence-corrected chi connectivity index (χ4v) is 2.53. The Kier molecular flexibility index (Phi) is 8.31. The van der Waals surface area contributed by atoms with Gasteiger partial charge in [-0.15, -0.1) is 0 Å². The van der Waals surface area contributed by atoms with Gasteiger partial charge in [-0.3, -0.25) is 4.90 Å². The molecule has 1 saturated heterocycles. The summed E-state index contributed by atoms with van der Waals surface area (Å²) >= 11 is 0. The van der Waals surface area contributed by atoms with Crippen molar-refractivity contribution >= 4 is 19.3 Å². The Morgan fingerprint density at radius 3 is 2.36 bits per heavy atom. The first-order valence-electron chi connectivity index (χ1n) is 8.81. The molecule has 12 heteroatoms. The van der Waals surface area contributed by atoms with Crippen molar-refractivity contribution in [3.05, 3.63) is 18.7 Å². The summed E-state index contributed by atoms with van der Waals surface area (Å²) in [5, 5.41) is 0. The van der Waals surface area contributed by atoms with Crippen LogP contribution in [0.15, 0.2) is 18.7 Å². The van der Waals surface area contributed by atoms with Crippen LogP contribution in [-0.4, -0.2) is 53.6 Å². The number of nitrogens with zero attached hydrogens (tertiary/aromatic N) is 3. The first-order valence-corrected chi connectivity index (χ1v) is 8.81. The van der Waals surface area contributed by atoms with Gasteiger partial charge in [0.25, 0.3) is 0 Å². The Morgan fingerprint density at radius 2 is 1.86 bits per heavy atom. The van der Waals surface area contributed by atoms with Gasteiger partial charge in [-0.2, -0.15) is 0 Å². The number of amides is 1. The lowest BCUT2D eigenvalue weighted by molar-refractivity contribution is -0.671. The van der Waals surface area contributed by atoms with Crippen LogP contribution in [0.4, 0.5) is 22.1 Å². The molecule has 0 spiro atoms. The highest BCUT2D eigenvalue weighted by Gasteiger charge is 2.37. The quantitative estimate of drug-likeness (QED) is 0.331. The van der Waals surface area contributed by atoms with Gasteiger partial charge in [-0.1, -0.05) is 0 Å². The van der Waals surface area contributed by atoms with Gasteiger partial charge >= 0.3 is 19.3 Å². The van der Waals surface area contributed by atoms with E-state index in [1.54, 1.807) is 0 Å². The van der Waals surface area contributed by atoms with Crippen LogP contribution in [0.2, 0.25) is 0 Å². The number of halogens is 4. The minimum atomic E-state index is -6.00. The fraction of sp³-hybridized carbons (Fsp3) is 0.688. The fourth-order valence-electron chi connectivity index (χ4n) is 2.53. The van der Waals surface area contributed by atoms with Gasteiger partial charge in [0.15, 0.2) is 0 Å². The molecule has 0 bridgehead atoms. The monoisotopic (exact) mass is 411 g/mol. The van der Waals surface area contributed by atoms with Gasteiger partial charge in [0.05, 0.1) is 7.05 Å². The molecular weight excluding hydrogens is 385 g/mol. The summed E-state index contributed by atoms with van der Waals surface area (Å²) in [6.07, 6.45) is 6.70. The molecule has 7 nitrogen and oxygen atoms in total. The largest absolute Gasteiger partial charge is 0.673 e. The minimum Gasteiger partial charge on any atom is -0.460 e. The SMILES string of the molecule is C[n+]1ccn(CCOC(=O)[C@@H]2CCCN2C(=O)OC(C)(C)C)c1.F[B-](F)(F)F. The molecule has 1 aliphatic rings. The molecule has 1 amide bonds. The van der Waals surface area contributed by atoms with Crippen LogP contribution in [0.5, 0.6) is 0 Å². The normalized spacial score (nSPS) is 17.0. The second-order valence-corrected chi connectivity index (χ2v) is 7.31. The lowest BCUT2D eigenvalue weighted by Gasteiger charge is -2.27. The molecule has 0 radical (unpaired) electrons. The summed E-state index contributed by atoms with van der Waals surface area (Å²) in [5.74, 6) is -0.357. The smallest absolute Gasteiger partial charge is 0.460 e. The number of hydrogen-bond donors (Lipinski definition) is 0. The number of hydrogen-bond acceptors (Lipinski definition) is 4. The van der Waals surface area contributed by atoms with E-state index in [1.807, 2.05) is 55.7 Å². The van der Waals surface area contributed by atoms with Gasteiger partial charge < -0.3 is 26.7 Å². The number of imidazole rings is 1. The van der Waals surface area contributed by atoms with E-state index in [4.69, 9.17) is 9.47 Å². The van der Waals surface area contributed by atoms with E-state index < -0.39 is 25.0 Å². The molecule has 1 fully saturated rings. The van der Waals surface area contributed by atoms with E-state index in [-0.39, 0.29) is 12.6 Å². The average Bonchev–Trinajstić information content (AvgIpc) is 3.12. The maximum Gasteiger partial charge on any atom is 0.673 e. The molecule has 28 heavy (non-hydrogen) atoms. The standard InChI is InChI=1S/C16H26N3O4.BF4/c1-16(2,3)23-15(21)19-7-5-6-13(19)14(20)22-11-10-18-9-8-17(4)12-18;2-1(3,4)5/h8-9,12-13H,5-7,10-11H2,1-4H3;/q+1;-1/t13-;/m0./s1. The highest BCUT2D eigenvalue weighted by molar-refractivity contribution is 6.50. The van der Waals surface area contributed by atoms with E-state index in [2.05, 4.69) is 0 Å². The van der Waals surface area contributed by atoms with Gasteiger partial charge in [-0.25, -0.2) is 18.7 Å². The summed E-state index contributed by atoms with van der Waals surface area (Å²) in [6, 6.07) is -0.536. The third kappa shape index (κ3) is 9.61. The first-order chi connectivity index (χ1) is 12.8. The van der Waals surface area contributed by atoms with Crippen LogP contribution >= 0.6 is 0 Å². The number of carbonyl (C=O) groups excluding carboxylic acids is 2. The summed E-state index contributed by atoms with van der Waals surface area (Å²) in [6.45, 7) is 6.84. The van der Waals surface area contributed by atoms with E-state index in [9.17, 15) is 26.9 Å². The number of rotatable bonds is 4. The van der Waals surface area contributed by atoms with Crippen molar-refractivity contribution in [1.82, 2.24) is 9.47 Å². The van der Waals surface area contributed by atoms with Gasteiger partial charge in [-0.05, 0) is 33.6 Å². The molecule has 0 saturated carbocycles. The molecule has 1 aliphatic heterocycles. The summed E-state index contributed by atoms with van der Waals surface area (Å²) in [4.78, 5) is 25.9. The predicted molar refractivity (Wildman–Crippen MR) is 92.7 cm³/mol. The van der Waals surface area contributed by atoms with E-state index >= 15 is 0 Å². The summed E-state index contributed by atoms with van der Waals surface area (Å²) < 4.78 is 53.5. The zero-order valence-electron chi connectivity index (χ0n) is 16.4. The van der Waals surface area contributed by atoms with E-state index in [0.717, 1.165) is 6.42 Å². The van der Waals surface area contributed by atoms with Crippen molar-refractivity contribution < 1.29 is 40.9 Å². The van der Waals surface area contributed by atoms with Gasteiger partial charge in [0, 0.05) is 6.54 Å². The highest BCUT2D eigenvalue weighted by atomic mass is 19.5. The number of carbonyl (C=O) groups is 2. The second kappa shape index (κ2) is 9.79. The minimum absolute atomic E-state index is 0.284. The van der Waals surface area contributed by atoms with Crippen LogP contribution in [-0.2, 0) is 27.9 Å². The van der Waals surface area contributed by atoms with Crippen molar-refractivity contribution in [3.8, 4) is 0 Å². The zero-order valence-corrected chi connectivity index (χ0v) is 16.4. The van der Waals surface area contributed by atoms with Crippen molar-refractivity contribution in [3.63, 3.8) is 0 Å². The third-order valence-electron chi connectivity index (χ3n) is 3.57. The molecule has 1 aromatic rings. The van der Waals surface area contributed by atoms with Gasteiger partial charge in [0.1, 0.15) is 37.2 Å². The molecule has 0 aromatic carbocycles. The summed E-state index contributed by atoms with van der Waals surface area (Å²) in [7, 11) is -4.07. The average molecular weight is 411 g/mol. The predicted octanol–water partition coefficient (Wildman–Crippen LogP) is 2.56. The zero-order chi connectivity index (χ0) is 21.5. The molecular formula is C16H26BF4N3O4. The Balaban J connectivity index is 0.000000696. The molecule has 2 rings (SSSR count). The number of aromatic nitrogens is 2. The maximum atomic E-state index is 12.2. The Labute approximate surface area is 161 Å². The van der Waals surface area contributed by atoms with Crippen LogP contribution in [0, 0.1) is 0 Å². The van der Waals surface area contributed by atoms with Gasteiger partial charge in [0.2, 0.25) is 6.33 Å². The maximum absolute atomic E-state index is 12.2. The number of ether oxygens (including phenoxy) is 2. The van der Waals surface area contributed by atoms with Crippen LogP contribution in [0.1, 0.15) is 33.6 Å². The molecule has 1 aromatic heterocycles. The van der Waals surface area contributed by atoms with E-state index in [1.165, 1.54) is 4.90 Å². The topological polar surface area (TPSA) is 64.7 Å². The van der Waals surface area contributed by atoms with Crippen LogP contribution < -0.4 is 4.57 Å².